The maximum atomic E-state index is 4.50. The molecule has 0 radical (unpaired) electrons. The van der Waals surface area contributed by atoms with Crippen LogP contribution in [0.1, 0.15) is 48.6 Å². The van der Waals surface area contributed by atoms with E-state index in [1.165, 1.54) is 41.6 Å². The van der Waals surface area contributed by atoms with Gasteiger partial charge in [0.1, 0.15) is 5.03 Å². The lowest BCUT2D eigenvalue weighted by atomic mass is 9.91. The van der Waals surface area contributed by atoms with Crippen LogP contribution < -0.4 is 5.23 Å². The summed E-state index contributed by atoms with van der Waals surface area (Å²) in [5, 5.41) is 4.77. The third-order valence-corrected chi connectivity index (χ3v) is 7.42. The summed E-state index contributed by atoms with van der Waals surface area (Å²) in [7, 11) is 0. The van der Waals surface area contributed by atoms with E-state index in [1.807, 2.05) is 6.33 Å². The van der Waals surface area contributed by atoms with Crippen LogP contribution in [0.5, 0.6) is 0 Å². The number of likely N-dealkylation sites (N-methyl/N-ethyl adjacent to an activating group) is 1. The molecule has 2 heterocycles. The first-order chi connectivity index (χ1) is 15.7. The standard InChI is InChI=1S/C26H35BN4S/c1-4-30-19-26(28-20-30)32-27(3)29-18-22-13-14-23-12-9-15-31(5-2)25(24(23)16-22)17-21-10-7-6-8-11-21/h6-8,10-11,13-14,16,19-20,25,29H,4-5,9,12,15,17-18H2,1-3H3. The smallest absolute Gasteiger partial charge is 0.293 e. The van der Waals surface area contributed by atoms with E-state index >= 15 is 0 Å². The molecule has 4 nitrogen and oxygen atoms in total. The molecule has 32 heavy (non-hydrogen) atoms. The fourth-order valence-electron chi connectivity index (χ4n) is 4.63. The van der Waals surface area contributed by atoms with Crippen LogP contribution in [0.3, 0.4) is 0 Å². The number of imidazole rings is 1. The quantitative estimate of drug-likeness (QED) is 0.443. The largest absolute Gasteiger partial charge is 0.343 e. The molecule has 0 spiro atoms. The van der Waals surface area contributed by atoms with Crippen LogP contribution in [0.2, 0.25) is 6.82 Å². The van der Waals surface area contributed by atoms with Gasteiger partial charge in [-0.25, -0.2) is 4.98 Å². The van der Waals surface area contributed by atoms with Crippen molar-refractivity contribution in [3.05, 3.63) is 83.3 Å². The first-order valence-corrected chi connectivity index (χ1v) is 12.9. The van der Waals surface area contributed by atoms with Crippen molar-refractivity contribution >= 4 is 17.7 Å². The molecule has 0 aliphatic carbocycles. The Labute approximate surface area is 197 Å². The number of nitrogens with zero attached hydrogens (tertiary/aromatic N) is 3. The number of fused-ring (bicyclic) bond motifs is 1. The van der Waals surface area contributed by atoms with E-state index in [-0.39, 0.29) is 0 Å². The lowest BCUT2D eigenvalue weighted by molar-refractivity contribution is 0.211. The average molecular weight is 446 g/mol. The lowest BCUT2D eigenvalue weighted by Gasteiger charge is -2.30. The zero-order chi connectivity index (χ0) is 22.3. The summed E-state index contributed by atoms with van der Waals surface area (Å²) in [5.41, 5.74) is 5.84. The number of hydrogen-bond donors (Lipinski definition) is 1. The first kappa shape index (κ1) is 23.2. The van der Waals surface area contributed by atoms with Crippen molar-refractivity contribution in [2.45, 2.75) is 64.1 Å². The second kappa shape index (κ2) is 11.2. The Morgan fingerprint density at radius 1 is 1.09 bits per heavy atom. The molecule has 1 unspecified atom stereocenters. The van der Waals surface area contributed by atoms with Gasteiger partial charge in [-0.05, 0) is 61.5 Å². The summed E-state index contributed by atoms with van der Waals surface area (Å²) in [6.45, 7) is 10.8. The molecule has 6 heteroatoms. The Bertz CT molecular complexity index is 991. The molecule has 0 saturated heterocycles. The molecule has 0 amide bonds. The van der Waals surface area contributed by atoms with Gasteiger partial charge in [-0.15, -0.1) is 11.6 Å². The Kier molecular flexibility index (Phi) is 8.12. The molecule has 1 aliphatic heterocycles. The highest BCUT2D eigenvalue weighted by molar-refractivity contribution is 8.25. The number of aryl methyl sites for hydroxylation is 2. The second-order valence-corrected chi connectivity index (χ2v) is 10.0. The highest BCUT2D eigenvalue weighted by Gasteiger charge is 2.25. The van der Waals surface area contributed by atoms with Crippen LogP contribution in [-0.2, 0) is 25.9 Å². The maximum Gasteiger partial charge on any atom is 0.293 e. The van der Waals surface area contributed by atoms with E-state index in [4.69, 9.17) is 0 Å². The lowest BCUT2D eigenvalue weighted by Crippen LogP contribution is -2.30. The van der Waals surface area contributed by atoms with E-state index in [2.05, 4.69) is 95.1 Å². The van der Waals surface area contributed by atoms with Gasteiger partial charge >= 0.3 is 0 Å². The minimum Gasteiger partial charge on any atom is -0.343 e. The molecular weight excluding hydrogens is 411 g/mol. The molecule has 1 atom stereocenters. The molecule has 0 bridgehead atoms. The third kappa shape index (κ3) is 5.86. The zero-order valence-corrected chi connectivity index (χ0v) is 20.4. The Morgan fingerprint density at radius 3 is 2.69 bits per heavy atom. The van der Waals surface area contributed by atoms with Gasteiger partial charge in [-0.3, -0.25) is 4.90 Å². The zero-order valence-electron chi connectivity index (χ0n) is 19.6. The highest BCUT2D eigenvalue weighted by Crippen LogP contribution is 2.32. The van der Waals surface area contributed by atoms with Gasteiger partial charge in [0.15, 0.2) is 0 Å². The molecule has 3 aromatic rings. The highest BCUT2D eigenvalue weighted by atomic mass is 32.2. The fourth-order valence-corrected chi connectivity index (χ4v) is 5.46. The van der Waals surface area contributed by atoms with Crippen LogP contribution in [0.15, 0.2) is 66.1 Å². The summed E-state index contributed by atoms with van der Waals surface area (Å²) in [6, 6.07) is 18.6. The summed E-state index contributed by atoms with van der Waals surface area (Å²) in [4.78, 5) is 7.16. The number of benzene rings is 2. The van der Waals surface area contributed by atoms with Gasteiger partial charge in [0.05, 0.1) is 6.33 Å². The van der Waals surface area contributed by atoms with Crippen molar-refractivity contribution in [2.75, 3.05) is 13.1 Å². The molecule has 2 aromatic carbocycles. The van der Waals surface area contributed by atoms with E-state index in [0.717, 1.165) is 31.1 Å². The predicted octanol–water partition coefficient (Wildman–Crippen LogP) is 5.45. The second-order valence-electron chi connectivity index (χ2n) is 8.65. The summed E-state index contributed by atoms with van der Waals surface area (Å²) < 4.78 is 2.12. The van der Waals surface area contributed by atoms with Gasteiger partial charge in [0, 0.05) is 25.3 Å². The Morgan fingerprint density at radius 2 is 1.94 bits per heavy atom. The van der Waals surface area contributed by atoms with Crippen molar-refractivity contribution in [1.29, 1.82) is 0 Å². The minimum atomic E-state index is 0.307. The van der Waals surface area contributed by atoms with Gasteiger partial charge in [-0.1, -0.05) is 62.3 Å². The summed E-state index contributed by atoms with van der Waals surface area (Å²) >= 11 is 1.79. The van der Waals surface area contributed by atoms with Crippen LogP contribution >= 0.6 is 11.6 Å². The molecular formula is C26H35BN4S. The van der Waals surface area contributed by atoms with Crippen molar-refractivity contribution in [3.8, 4) is 0 Å². The normalized spacial score (nSPS) is 16.5. The van der Waals surface area contributed by atoms with Gasteiger partial charge in [0.25, 0.3) is 6.13 Å². The van der Waals surface area contributed by atoms with Crippen molar-refractivity contribution in [1.82, 2.24) is 19.7 Å². The topological polar surface area (TPSA) is 33.1 Å². The van der Waals surface area contributed by atoms with Gasteiger partial charge in [0.2, 0.25) is 0 Å². The summed E-state index contributed by atoms with van der Waals surface area (Å²) in [5.74, 6) is 0. The van der Waals surface area contributed by atoms with E-state index in [9.17, 15) is 0 Å². The minimum absolute atomic E-state index is 0.307. The number of nitrogens with one attached hydrogen (secondary N) is 1. The fraction of sp³-hybridized carbons (Fsp3) is 0.423. The molecule has 0 fully saturated rings. The number of hydrogen-bond acceptors (Lipinski definition) is 4. The molecule has 0 saturated carbocycles. The molecule has 1 aromatic heterocycles. The Balaban J connectivity index is 1.48. The molecule has 1 aliphatic rings. The van der Waals surface area contributed by atoms with Crippen LogP contribution in [0.25, 0.3) is 0 Å². The van der Waals surface area contributed by atoms with E-state index < -0.39 is 0 Å². The maximum absolute atomic E-state index is 4.50. The van der Waals surface area contributed by atoms with E-state index in [0.29, 0.717) is 12.2 Å². The predicted molar refractivity (Wildman–Crippen MR) is 137 cm³/mol. The van der Waals surface area contributed by atoms with E-state index in [1.54, 1.807) is 11.6 Å². The summed E-state index contributed by atoms with van der Waals surface area (Å²) in [6.07, 6.45) is 7.83. The monoisotopic (exact) mass is 446 g/mol. The third-order valence-electron chi connectivity index (χ3n) is 6.45. The van der Waals surface area contributed by atoms with Crippen molar-refractivity contribution in [3.63, 3.8) is 0 Å². The number of rotatable bonds is 9. The molecule has 168 valence electrons. The SMILES string of the molecule is CCN1CCCc2ccc(CNB(C)Sc3cn(CC)cn3)cc2C1Cc1ccccc1. The number of aromatic nitrogens is 2. The van der Waals surface area contributed by atoms with Crippen molar-refractivity contribution in [2.24, 2.45) is 0 Å². The van der Waals surface area contributed by atoms with Crippen LogP contribution in [0.4, 0.5) is 0 Å². The van der Waals surface area contributed by atoms with Crippen LogP contribution in [-0.4, -0.2) is 33.7 Å². The first-order valence-electron chi connectivity index (χ1n) is 12.0. The van der Waals surface area contributed by atoms with Crippen molar-refractivity contribution < 1.29 is 0 Å². The van der Waals surface area contributed by atoms with Gasteiger partial charge in [-0.2, -0.15) is 0 Å². The molecule has 4 rings (SSSR count). The van der Waals surface area contributed by atoms with Crippen LogP contribution in [0, 0.1) is 0 Å². The Hall–Kier alpha value is -2.02. The average Bonchev–Trinajstić information content (AvgIpc) is 3.20. The molecule has 1 N–H and O–H groups in total. The van der Waals surface area contributed by atoms with Gasteiger partial charge < -0.3 is 9.79 Å².